The van der Waals surface area contributed by atoms with E-state index in [9.17, 15) is 24.3 Å². The SMILES string of the molecule is CC(C)[C@H](N)C(=O)N1CCC[C@H]1C(=O)N[C@H](C(=O)N[C@H](C(=O)O)[C@@H](C)O)C(C)C. The molecule has 1 rings (SSSR count). The monoisotopic (exact) mass is 414 g/mol. The zero-order valence-corrected chi connectivity index (χ0v) is 17.7. The molecule has 0 saturated carbocycles. The predicted octanol–water partition coefficient (Wildman–Crippen LogP) is -0.948. The first-order valence-electron chi connectivity index (χ1n) is 9.96. The third kappa shape index (κ3) is 6.40. The maximum Gasteiger partial charge on any atom is 0.328 e. The van der Waals surface area contributed by atoms with E-state index in [-0.39, 0.29) is 17.7 Å². The number of nitrogens with two attached hydrogens (primary N) is 1. The van der Waals surface area contributed by atoms with Gasteiger partial charge in [-0.15, -0.1) is 0 Å². The van der Waals surface area contributed by atoms with E-state index in [2.05, 4.69) is 10.6 Å². The molecule has 0 aromatic rings. The Morgan fingerprint density at radius 3 is 2.03 bits per heavy atom. The predicted molar refractivity (Wildman–Crippen MR) is 106 cm³/mol. The van der Waals surface area contributed by atoms with Crippen molar-refractivity contribution in [3.05, 3.63) is 0 Å². The summed E-state index contributed by atoms with van der Waals surface area (Å²) in [5.74, 6) is -3.29. The van der Waals surface area contributed by atoms with Crippen molar-refractivity contribution in [1.82, 2.24) is 15.5 Å². The number of amides is 3. The lowest BCUT2D eigenvalue weighted by Crippen LogP contribution is -2.59. The van der Waals surface area contributed by atoms with Gasteiger partial charge >= 0.3 is 5.97 Å². The highest BCUT2D eigenvalue weighted by molar-refractivity contribution is 5.94. The van der Waals surface area contributed by atoms with Crippen LogP contribution in [0.5, 0.6) is 0 Å². The smallest absolute Gasteiger partial charge is 0.328 e. The topological polar surface area (TPSA) is 162 Å². The van der Waals surface area contributed by atoms with Crippen LogP contribution >= 0.6 is 0 Å². The number of likely N-dealkylation sites (tertiary alicyclic amines) is 1. The number of rotatable bonds is 9. The molecule has 1 fully saturated rings. The van der Waals surface area contributed by atoms with Crippen LogP contribution in [0.15, 0.2) is 0 Å². The molecule has 0 radical (unpaired) electrons. The van der Waals surface area contributed by atoms with Crippen LogP contribution in [0.3, 0.4) is 0 Å². The Hall–Kier alpha value is -2.20. The number of nitrogens with zero attached hydrogens (tertiary/aromatic N) is 1. The van der Waals surface area contributed by atoms with Gasteiger partial charge in [-0.3, -0.25) is 14.4 Å². The molecule has 5 atom stereocenters. The minimum absolute atomic E-state index is 0.0746. The molecule has 1 saturated heterocycles. The van der Waals surface area contributed by atoms with E-state index < -0.39 is 48.1 Å². The van der Waals surface area contributed by atoms with Crippen molar-refractivity contribution in [3.63, 3.8) is 0 Å². The molecule has 6 N–H and O–H groups in total. The second-order valence-corrected chi connectivity index (χ2v) is 8.25. The normalized spacial score (nSPS) is 20.9. The van der Waals surface area contributed by atoms with E-state index in [0.717, 1.165) is 0 Å². The summed E-state index contributed by atoms with van der Waals surface area (Å²) in [5.41, 5.74) is 5.95. The Bertz CT molecular complexity index is 622. The molecular formula is C19H34N4O6. The third-order valence-corrected chi connectivity index (χ3v) is 5.14. The fraction of sp³-hybridized carbons (Fsp3) is 0.789. The fourth-order valence-electron chi connectivity index (χ4n) is 3.20. The Morgan fingerprint density at radius 1 is 1.00 bits per heavy atom. The number of aliphatic hydroxyl groups excluding tert-OH is 1. The lowest BCUT2D eigenvalue weighted by atomic mass is 10.0. The lowest BCUT2D eigenvalue weighted by molar-refractivity contribution is -0.146. The zero-order valence-electron chi connectivity index (χ0n) is 17.7. The maximum absolute atomic E-state index is 12.8. The molecule has 10 nitrogen and oxygen atoms in total. The summed E-state index contributed by atoms with van der Waals surface area (Å²) in [6.45, 7) is 8.73. The van der Waals surface area contributed by atoms with Gasteiger partial charge in [0.1, 0.15) is 12.1 Å². The van der Waals surface area contributed by atoms with E-state index >= 15 is 0 Å². The Kier molecular flexibility index (Phi) is 9.03. The average Bonchev–Trinajstić information content (AvgIpc) is 3.11. The maximum atomic E-state index is 12.8. The molecule has 0 aromatic carbocycles. The molecule has 1 aliphatic heterocycles. The van der Waals surface area contributed by atoms with Gasteiger partial charge < -0.3 is 31.5 Å². The second-order valence-electron chi connectivity index (χ2n) is 8.25. The second kappa shape index (κ2) is 10.5. The molecule has 3 amide bonds. The number of carboxylic acids is 1. The van der Waals surface area contributed by atoms with Crippen molar-refractivity contribution in [2.24, 2.45) is 17.6 Å². The van der Waals surface area contributed by atoms with Gasteiger partial charge in [0, 0.05) is 6.54 Å². The van der Waals surface area contributed by atoms with Crippen LogP contribution in [0, 0.1) is 11.8 Å². The molecule has 0 spiro atoms. The first-order chi connectivity index (χ1) is 13.4. The average molecular weight is 415 g/mol. The molecule has 0 bridgehead atoms. The minimum atomic E-state index is -1.49. The Balaban J connectivity index is 2.90. The van der Waals surface area contributed by atoms with Gasteiger partial charge in [-0.05, 0) is 31.6 Å². The van der Waals surface area contributed by atoms with Crippen molar-refractivity contribution in [2.75, 3.05) is 6.54 Å². The Morgan fingerprint density at radius 2 is 1.59 bits per heavy atom. The standard InChI is InChI=1S/C19H34N4O6/c1-9(2)13(20)18(27)23-8-6-7-12(23)16(25)21-14(10(3)4)17(26)22-15(11(5)24)19(28)29/h9-15,24H,6-8,20H2,1-5H3,(H,21,25)(H,22,26)(H,28,29)/t11-,12+,13+,14+,15+/m1/s1. The number of carbonyl (C=O) groups is 4. The number of hydrogen-bond acceptors (Lipinski definition) is 6. The summed E-state index contributed by atoms with van der Waals surface area (Å²) in [5, 5.41) is 23.6. The first-order valence-corrected chi connectivity index (χ1v) is 9.96. The van der Waals surface area contributed by atoms with Crippen molar-refractivity contribution in [1.29, 1.82) is 0 Å². The number of hydrogen-bond donors (Lipinski definition) is 5. The minimum Gasteiger partial charge on any atom is -0.480 e. The zero-order chi connectivity index (χ0) is 22.5. The number of aliphatic hydroxyl groups is 1. The summed E-state index contributed by atoms with van der Waals surface area (Å²) < 4.78 is 0. The van der Waals surface area contributed by atoms with Crippen LogP contribution in [-0.4, -0.2) is 75.6 Å². The van der Waals surface area contributed by atoms with Crippen LogP contribution < -0.4 is 16.4 Å². The molecule has 0 unspecified atom stereocenters. The lowest BCUT2D eigenvalue weighted by Gasteiger charge is -2.30. The van der Waals surface area contributed by atoms with Gasteiger partial charge in [-0.25, -0.2) is 4.79 Å². The van der Waals surface area contributed by atoms with Crippen LogP contribution in [-0.2, 0) is 19.2 Å². The molecule has 1 aliphatic rings. The highest BCUT2D eigenvalue weighted by Crippen LogP contribution is 2.20. The highest BCUT2D eigenvalue weighted by Gasteiger charge is 2.39. The van der Waals surface area contributed by atoms with E-state index in [1.807, 2.05) is 13.8 Å². The summed E-state index contributed by atoms with van der Waals surface area (Å²) >= 11 is 0. The highest BCUT2D eigenvalue weighted by atomic mass is 16.4. The number of aliphatic carboxylic acids is 1. The molecule has 0 aromatic heterocycles. The summed E-state index contributed by atoms with van der Waals surface area (Å²) in [6.07, 6.45) is -0.197. The third-order valence-electron chi connectivity index (χ3n) is 5.14. The molecule has 166 valence electrons. The molecule has 29 heavy (non-hydrogen) atoms. The van der Waals surface area contributed by atoms with Crippen molar-refractivity contribution >= 4 is 23.7 Å². The van der Waals surface area contributed by atoms with Gasteiger partial charge in [0.25, 0.3) is 0 Å². The first kappa shape index (κ1) is 24.8. The largest absolute Gasteiger partial charge is 0.480 e. The summed E-state index contributed by atoms with van der Waals surface area (Å²) in [6, 6.07) is -3.95. The molecular weight excluding hydrogens is 380 g/mol. The Labute approximate surface area is 171 Å². The fourth-order valence-corrected chi connectivity index (χ4v) is 3.20. The van der Waals surface area contributed by atoms with Crippen molar-refractivity contribution < 1.29 is 29.4 Å². The van der Waals surface area contributed by atoms with E-state index in [4.69, 9.17) is 10.8 Å². The van der Waals surface area contributed by atoms with Gasteiger partial charge in [0.05, 0.1) is 12.1 Å². The van der Waals surface area contributed by atoms with Crippen LogP contribution in [0.2, 0.25) is 0 Å². The van der Waals surface area contributed by atoms with Gasteiger partial charge in [-0.2, -0.15) is 0 Å². The molecule has 1 heterocycles. The van der Waals surface area contributed by atoms with Gasteiger partial charge in [0.15, 0.2) is 6.04 Å². The quantitative estimate of drug-likeness (QED) is 0.325. The van der Waals surface area contributed by atoms with E-state index in [0.29, 0.717) is 19.4 Å². The number of carboxylic acid groups (broad SMARTS) is 1. The van der Waals surface area contributed by atoms with Gasteiger partial charge in [-0.1, -0.05) is 27.7 Å². The van der Waals surface area contributed by atoms with Crippen molar-refractivity contribution in [3.8, 4) is 0 Å². The molecule has 10 heteroatoms. The number of carbonyl (C=O) groups excluding carboxylic acids is 3. The molecule has 0 aliphatic carbocycles. The number of nitrogens with one attached hydrogen (secondary N) is 2. The van der Waals surface area contributed by atoms with Crippen LogP contribution in [0.1, 0.15) is 47.5 Å². The van der Waals surface area contributed by atoms with Gasteiger partial charge in [0.2, 0.25) is 17.7 Å². The van der Waals surface area contributed by atoms with E-state index in [1.54, 1.807) is 13.8 Å². The van der Waals surface area contributed by atoms with Crippen LogP contribution in [0.4, 0.5) is 0 Å². The summed E-state index contributed by atoms with van der Waals surface area (Å²) in [7, 11) is 0. The summed E-state index contributed by atoms with van der Waals surface area (Å²) in [4.78, 5) is 50.7. The van der Waals surface area contributed by atoms with E-state index in [1.165, 1.54) is 11.8 Å². The van der Waals surface area contributed by atoms with Crippen LogP contribution in [0.25, 0.3) is 0 Å². The van der Waals surface area contributed by atoms with Crippen molar-refractivity contribution in [2.45, 2.75) is 77.7 Å².